The molecule has 14 heteroatoms. The van der Waals surface area contributed by atoms with Crippen LogP contribution in [-0.4, -0.2) is 125 Å². The Morgan fingerprint density at radius 1 is 0.765 bits per heavy atom. The maximum absolute atomic E-state index is 13.7. The SMILES string of the molecule is COCCOCC(=O)N[C@H](C(=O)N[C@@H](Cc1ccccc1)[C@@H](O)CN(CC1CCCCC1)NC(=O)[C@@H](NC(=O)COCCOC)C(C)C)C(C)C. The minimum Gasteiger partial charge on any atom is -0.390 e. The predicted molar refractivity (Wildman–Crippen MR) is 193 cm³/mol. The average molecular weight is 722 g/mol. The minimum atomic E-state index is -1.11. The number of carbonyl (C=O) groups excluding carboxylic acids is 4. The van der Waals surface area contributed by atoms with Crippen molar-refractivity contribution in [2.45, 2.75) is 90.4 Å². The smallest absolute Gasteiger partial charge is 0.257 e. The lowest BCUT2D eigenvalue weighted by Gasteiger charge is -2.35. The maximum Gasteiger partial charge on any atom is 0.257 e. The van der Waals surface area contributed by atoms with Crippen molar-refractivity contribution in [2.75, 3.05) is 67.0 Å². The standard InChI is InChI=1S/C37H63N5O9/c1-26(2)34(39-32(44)24-50-19-17-48-5)36(46)38-30(21-28-13-9-7-10-14-28)31(43)23-42(22-29-15-11-8-12-16-29)41-37(47)35(27(3)4)40-33(45)25-51-20-18-49-6/h7,9-10,13-14,26-27,29-31,34-35,43H,8,11-12,15-25H2,1-6H3,(H,38,46)(H,39,44)(H,40,45)(H,41,47)/t30-,31-,34-,35-/m0/s1. The van der Waals surface area contributed by atoms with E-state index in [0.29, 0.717) is 32.1 Å². The summed E-state index contributed by atoms with van der Waals surface area (Å²) in [6.45, 7) is 8.64. The van der Waals surface area contributed by atoms with Crippen LogP contribution in [0.2, 0.25) is 0 Å². The molecule has 0 bridgehead atoms. The maximum atomic E-state index is 13.7. The molecule has 1 aliphatic rings. The number of nitrogens with zero attached hydrogens (tertiary/aromatic N) is 1. The van der Waals surface area contributed by atoms with Gasteiger partial charge >= 0.3 is 0 Å². The molecular formula is C37H63N5O9. The molecule has 0 spiro atoms. The molecule has 1 aromatic rings. The first kappa shape index (κ1) is 44.0. The number of aliphatic hydroxyl groups is 1. The van der Waals surface area contributed by atoms with Gasteiger partial charge in [-0.15, -0.1) is 0 Å². The van der Waals surface area contributed by atoms with Crippen molar-refractivity contribution in [3.8, 4) is 0 Å². The Labute approximate surface area is 304 Å². The number of rotatable bonds is 25. The molecule has 4 atom stereocenters. The fraction of sp³-hybridized carbons (Fsp3) is 0.730. The highest BCUT2D eigenvalue weighted by atomic mass is 16.5. The molecule has 4 amide bonds. The van der Waals surface area contributed by atoms with Crippen LogP contribution in [0.4, 0.5) is 0 Å². The van der Waals surface area contributed by atoms with Gasteiger partial charge in [0.1, 0.15) is 25.3 Å². The summed E-state index contributed by atoms with van der Waals surface area (Å²) in [5, 5.41) is 22.1. The molecule has 2 rings (SSSR count). The Morgan fingerprint density at radius 3 is 1.80 bits per heavy atom. The lowest BCUT2D eigenvalue weighted by molar-refractivity contribution is -0.136. The number of carbonyl (C=O) groups is 4. The topological polar surface area (TPSA) is 177 Å². The predicted octanol–water partition coefficient (Wildman–Crippen LogP) is 1.60. The number of benzene rings is 1. The number of methoxy groups -OCH3 is 2. The molecule has 51 heavy (non-hydrogen) atoms. The minimum absolute atomic E-state index is 0.0188. The summed E-state index contributed by atoms with van der Waals surface area (Å²) in [7, 11) is 3.08. The monoisotopic (exact) mass is 721 g/mol. The van der Waals surface area contributed by atoms with Gasteiger partial charge in [-0.1, -0.05) is 77.3 Å². The summed E-state index contributed by atoms with van der Waals surface area (Å²) in [6, 6.07) is 7.03. The zero-order chi connectivity index (χ0) is 37.6. The molecule has 0 heterocycles. The first-order valence-corrected chi connectivity index (χ1v) is 18.2. The summed E-state index contributed by atoms with van der Waals surface area (Å²) >= 11 is 0. The Bertz CT molecular complexity index is 1150. The fourth-order valence-corrected chi connectivity index (χ4v) is 5.96. The van der Waals surface area contributed by atoms with E-state index in [1.807, 2.05) is 58.0 Å². The zero-order valence-corrected chi connectivity index (χ0v) is 31.5. The number of hydrogen-bond acceptors (Lipinski definition) is 10. The lowest BCUT2D eigenvalue weighted by atomic mass is 9.89. The van der Waals surface area contributed by atoms with Crippen molar-refractivity contribution in [1.29, 1.82) is 0 Å². The Hall–Kier alpha value is -3.14. The Kier molecular flexibility index (Phi) is 21.5. The number of amides is 4. The largest absolute Gasteiger partial charge is 0.390 e. The normalized spacial score (nSPS) is 16.0. The Morgan fingerprint density at radius 2 is 1.29 bits per heavy atom. The number of hydrogen-bond donors (Lipinski definition) is 5. The van der Waals surface area contributed by atoms with Crippen LogP contribution in [-0.2, 0) is 44.5 Å². The van der Waals surface area contributed by atoms with Gasteiger partial charge in [-0.3, -0.25) is 24.6 Å². The van der Waals surface area contributed by atoms with Crippen LogP contribution in [0.15, 0.2) is 30.3 Å². The van der Waals surface area contributed by atoms with E-state index in [2.05, 4.69) is 21.4 Å². The van der Waals surface area contributed by atoms with Gasteiger partial charge < -0.3 is 40.0 Å². The highest BCUT2D eigenvalue weighted by Gasteiger charge is 2.32. The van der Waals surface area contributed by atoms with E-state index in [4.69, 9.17) is 18.9 Å². The molecule has 0 radical (unpaired) electrons. The molecule has 1 saturated carbocycles. The van der Waals surface area contributed by atoms with Crippen LogP contribution in [0, 0.1) is 17.8 Å². The third kappa shape index (κ3) is 17.8. The molecule has 5 N–H and O–H groups in total. The van der Waals surface area contributed by atoms with Gasteiger partial charge in [0, 0.05) is 27.3 Å². The molecule has 0 aromatic heterocycles. The first-order valence-electron chi connectivity index (χ1n) is 18.2. The molecule has 0 aliphatic heterocycles. The second kappa shape index (κ2) is 24.9. The van der Waals surface area contributed by atoms with Gasteiger partial charge in [0.2, 0.25) is 17.7 Å². The van der Waals surface area contributed by atoms with Crippen LogP contribution >= 0.6 is 0 Å². The van der Waals surface area contributed by atoms with Crippen molar-refractivity contribution >= 4 is 23.6 Å². The van der Waals surface area contributed by atoms with E-state index in [9.17, 15) is 24.3 Å². The van der Waals surface area contributed by atoms with Gasteiger partial charge in [0.25, 0.3) is 5.91 Å². The number of nitrogens with one attached hydrogen (secondary N) is 4. The van der Waals surface area contributed by atoms with Gasteiger partial charge in [0.05, 0.1) is 38.6 Å². The molecular weight excluding hydrogens is 658 g/mol. The molecule has 290 valence electrons. The van der Waals surface area contributed by atoms with Gasteiger partial charge in [-0.25, -0.2) is 5.01 Å². The Balaban J connectivity index is 2.25. The highest BCUT2D eigenvalue weighted by Crippen LogP contribution is 2.24. The molecule has 1 aliphatic carbocycles. The summed E-state index contributed by atoms with van der Waals surface area (Å²) in [6.07, 6.45) is 4.55. The molecule has 0 saturated heterocycles. The zero-order valence-electron chi connectivity index (χ0n) is 31.5. The first-order chi connectivity index (χ1) is 24.4. The summed E-state index contributed by atoms with van der Waals surface area (Å²) in [4.78, 5) is 52.7. The summed E-state index contributed by atoms with van der Waals surface area (Å²) in [5.41, 5.74) is 3.89. The van der Waals surface area contributed by atoms with Gasteiger partial charge in [-0.2, -0.15) is 0 Å². The number of aliphatic hydroxyl groups excluding tert-OH is 1. The van der Waals surface area contributed by atoms with E-state index in [1.165, 1.54) is 7.11 Å². The van der Waals surface area contributed by atoms with E-state index in [0.717, 1.165) is 37.7 Å². The fourth-order valence-electron chi connectivity index (χ4n) is 5.96. The quantitative estimate of drug-likeness (QED) is 0.0737. The van der Waals surface area contributed by atoms with E-state index in [-0.39, 0.29) is 44.8 Å². The van der Waals surface area contributed by atoms with Crippen LogP contribution in [0.3, 0.4) is 0 Å². The summed E-state index contributed by atoms with van der Waals surface area (Å²) < 4.78 is 20.6. The lowest BCUT2D eigenvalue weighted by Crippen LogP contribution is -2.60. The van der Waals surface area contributed by atoms with Crippen molar-refractivity contribution in [2.24, 2.45) is 17.8 Å². The molecule has 1 fully saturated rings. The average Bonchev–Trinajstić information content (AvgIpc) is 3.10. The van der Waals surface area contributed by atoms with Crippen LogP contribution in [0.1, 0.15) is 65.4 Å². The van der Waals surface area contributed by atoms with Crippen LogP contribution < -0.4 is 21.4 Å². The molecule has 1 aromatic carbocycles. The highest BCUT2D eigenvalue weighted by molar-refractivity contribution is 5.89. The second-order valence-corrected chi connectivity index (χ2v) is 13.9. The van der Waals surface area contributed by atoms with Crippen LogP contribution in [0.5, 0.6) is 0 Å². The molecule has 0 unspecified atom stereocenters. The van der Waals surface area contributed by atoms with Crippen LogP contribution in [0.25, 0.3) is 0 Å². The summed E-state index contributed by atoms with van der Waals surface area (Å²) in [5.74, 6) is -1.87. The number of hydrazine groups is 1. The van der Waals surface area contributed by atoms with Crippen molar-refractivity contribution in [3.05, 3.63) is 35.9 Å². The van der Waals surface area contributed by atoms with Crippen molar-refractivity contribution < 1.29 is 43.2 Å². The van der Waals surface area contributed by atoms with Gasteiger partial charge in [0.15, 0.2) is 0 Å². The number of ether oxygens (including phenoxy) is 4. The third-order valence-corrected chi connectivity index (χ3v) is 8.83. The van der Waals surface area contributed by atoms with Crippen molar-refractivity contribution in [1.82, 2.24) is 26.4 Å². The van der Waals surface area contributed by atoms with Gasteiger partial charge in [-0.05, 0) is 42.6 Å². The van der Waals surface area contributed by atoms with E-state index in [1.54, 1.807) is 12.1 Å². The third-order valence-electron chi connectivity index (χ3n) is 8.83. The van der Waals surface area contributed by atoms with Crippen molar-refractivity contribution in [3.63, 3.8) is 0 Å². The second-order valence-electron chi connectivity index (χ2n) is 13.9. The molecule has 14 nitrogen and oxygen atoms in total. The van der Waals surface area contributed by atoms with E-state index >= 15 is 0 Å². The van der Waals surface area contributed by atoms with E-state index < -0.39 is 47.9 Å².